The Kier molecular flexibility index (Phi) is 14.0. The van der Waals surface area contributed by atoms with Crippen molar-refractivity contribution in [3.8, 4) is 5.75 Å². The highest BCUT2D eigenvalue weighted by Crippen LogP contribution is 2.47. The SMILES string of the molecule is [2H]c1c([2H])n([C@@H]2O[C@H](C([2H])([2H])O)[C@@H](O)[C@@]2(C)O)c(=O)[nH]c1=O.[2H]c1c([2H])n([C@@H]2O[C@H](C([2H])([2H])O[P@@](=O)(N[C@@H](C)C(=O)OC(C)C)Oc3ccccc3)[C@@H](O)[C@@]2(C)O)c(=O)[nH]c1=O.[2H]c1c([2H])n([C@@H]2O[C@H](CO)[C@@H](O)[C@@]2(C)O)c(=O)[nH]c1=O. The molecule has 0 saturated carbocycles. The zero-order valence-corrected chi connectivity index (χ0v) is 39.4. The van der Waals surface area contributed by atoms with Gasteiger partial charge in [0.15, 0.2) is 18.7 Å². The van der Waals surface area contributed by atoms with Crippen LogP contribution < -0.4 is 43.4 Å². The maximum atomic E-state index is 13.8. The molecule has 3 saturated heterocycles. The summed E-state index contributed by atoms with van der Waals surface area (Å²) in [6.45, 7) is 0.677. The molecule has 3 aromatic heterocycles. The number of ether oxygens (including phenoxy) is 4. The fourth-order valence-corrected chi connectivity index (χ4v) is 8.16. The summed E-state index contributed by atoms with van der Waals surface area (Å²) >= 11 is 0. The van der Waals surface area contributed by atoms with Crippen LogP contribution in [-0.2, 0) is 32.8 Å². The number of hydrogen-bond acceptors (Lipinski definition) is 22. The zero-order chi connectivity index (χ0) is 62.5. The van der Waals surface area contributed by atoms with E-state index in [1.807, 2.05) is 4.98 Å². The van der Waals surface area contributed by atoms with E-state index in [1.165, 1.54) is 38.1 Å². The van der Waals surface area contributed by atoms with Crippen LogP contribution in [0.25, 0.3) is 0 Å². The van der Waals surface area contributed by atoms with Crippen LogP contribution in [0.2, 0.25) is 0 Å². The number of aliphatic hydroxyl groups excluding tert-OH is 4. The van der Waals surface area contributed by atoms with Crippen molar-refractivity contribution in [3.63, 3.8) is 0 Å². The van der Waals surface area contributed by atoms with Crippen molar-refractivity contribution in [2.24, 2.45) is 0 Å². The lowest BCUT2D eigenvalue weighted by atomic mass is 9.96. The van der Waals surface area contributed by atoms with Crippen LogP contribution in [0, 0.1) is 0 Å². The molecule has 3 fully saturated rings. The van der Waals surface area contributed by atoms with Crippen LogP contribution in [-0.4, -0.2) is 161 Å². The Balaban J connectivity index is 0.000000247. The Morgan fingerprint density at radius 2 is 1.11 bits per heavy atom. The van der Waals surface area contributed by atoms with E-state index in [0.29, 0.717) is 13.7 Å². The minimum absolute atomic E-state index is 0.0436. The number of carbonyl (C=O) groups excluding carboxylic acids is 1. The van der Waals surface area contributed by atoms with Gasteiger partial charge in [-0.3, -0.25) is 52.4 Å². The molecule has 1 aromatic carbocycles. The average Bonchev–Trinajstić information content (AvgIpc) is 3.29. The third-order valence-electron chi connectivity index (χ3n) is 10.6. The molecular weight excluding hydrogens is 985 g/mol. The Labute approximate surface area is 420 Å². The highest BCUT2D eigenvalue weighted by Gasteiger charge is 2.56. The first kappa shape index (κ1) is 43.8. The first-order valence-electron chi connectivity index (χ1n) is 26.0. The summed E-state index contributed by atoms with van der Waals surface area (Å²) in [7, 11) is -4.84. The van der Waals surface area contributed by atoms with Gasteiger partial charge in [-0.25, -0.2) is 18.9 Å². The van der Waals surface area contributed by atoms with Crippen LogP contribution in [0.15, 0.2) is 95.7 Å². The van der Waals surface area contributed by atoms with Gasteiger partial charge in [0.1, 0.15) is 65.2 Å². The molecule has 398 valence electrons. The Bertz CT molecular complexity index is 3430. The van der Waals surface area contributed by atoms with Crippen molar-refractivity contribution in [3.05, 3.63) is 129 Å². The summed E-state index contributed by atoms with van der Waals surface area (Å²) in [4.78, 5) is 87.8. The second-order valence-corrected chi connectivity index (χ2v) is 18.3. The number of aromatic nitrogens is 6. The van der Waals surface area contributed by atoms with Crippen LogP contribution >= 0.6 is 7.75 Å². The number of rotatable bonds is 14. The Hall–Kier alpha value is -5.76. The molecule has 14 atom stereocenters. The summed E-state index contributed by atoms with van der Waals surface area (Å²) in [5, 5.41) is 82.7. The van der Waals surface area contributed by atoms with Gasteiger partial charge in [-0.1, -0.05) is 18.2 Å². The molecule has 0 amide bonds. The van der Waals surface area contributed by atoms with E-state index in [-0.39, 0.29) is 5.75 Å². The first-order chi connectivity index (χ1) is 37.5. The zero-order valence-electron chi connectivity index (χ0n) is 48.5. The molecule has 30 heteroatoms. The number of aliphatic hydroxyl groups is 8. The number of hydrogen-bond donors (Lipinski definition) is 12. The maximum Gasteiger partial charge on any atom is 0.459 e. The van der Waals surface area contributed by atoms with Gasteiger partial charge in [0.2, 0.25) is 0 Å². The quantitative estimate of drug-likeness (QED) is 0.0420. The largest absolute Gasteiger partial charge is 0.462 e. The van der Waals surface area contributed by atoms with Crippen LogP contribution in [0.5, 0.6) is 5.75 Å². The topological polar surface area (TPSA) is 428 Å². The summed E-state index contributed by atoms with van der Waals surface area (Å²) < 4.78 is 123. The number of nitrogens with one attached hydrogen (secondary N) is 4. The number of benzene rings is 1. The van der Waals surface area contributed by atoms with E-state index >= 15 is 0 Å². The highest BCUT2D eigenvalue weighted by atomic mass is 31.2. The molecule has 12 N–H and O–H groups in total. The van der Waals surface area contributed by atoms with E-state index in [0.717, 1.165) is 13.8 Å². The first-order valence-corrected chi connectivity index (χ1v) is 22.5. The van der Waals surface area contributed by atoms with Gasteiger partial charge < -0.3 is 64.3 Å². The van der Waals surface area contributed by atoms with Gasteiger partial charge >= 0.3 is 30.8 Å². The molecule has 29 nitrogen and oxygen atoms in total. The Morgan fingerprint density at radius 1 is 0.722 bits per heavy atom. The minimum Gasteiger partial charge on any atom is -0.462 e. The van der Waals surface area contributed by atoms with E-state index in [4.69, 9.17) is 46.8 Å². The third-order valence-corrected chi connectivity index (χ3v) is 12.1. The van der Waals surface area contributed by atoms with E-state index in [9.17, 15) is 73.9 Å². The van der Waals surface area contributed by atoms with Crippen molar-refractivity contribution in [2.75, 3.05) is 19.7 Å². The summed E-state index contributed by atoms with van der Waals surface area (Å²) in [5.74, 6) is -0.902. The van der Waals surface area contributed by atoms with E-state index < -0.39 is 188 Å². The van der Waals surface area contributed by atoms with Gasteiger partial charge in [0, 0.05) is 36.6 Å². The van der Waals surface area contributed by atoms with Crippen molar-refractivity contribution >= 4 is 13.7 Å². The summed E-state index contributed by atoms with van der Waals surface area (Å²) in [6.07, 6.45) is -19.2. The van der Waals surface area contributed by atoms with Crippen molar-refractivity contribution < 1.29 is 91.9 Å². The molecule has 3 aliphatic rings. The lowest BCUT2D eigenvalue weighted by molar-refractivity contribution is -0.149. The van der Waals surface area contributed by atoms with Gasteiger partial charge in [0.05, 0.1) is 39.5 Å². The monoisotopic (exact) mass is 1050 g/mol. The Morgan fingerprint density at radius 3 is 1.49 bits per heavy atom. The molecule has 0 spiro atoms. The number of para-hydroxylation sites is 1. The predicted octanol–water partition coefficient (Wildman–Crippen LogP) is -4.24. The van der Waals surface area contributed by atoms with Crippen molar-refractivity contribution in [1.82, 2.24) is 33.7 Å². The highest BCUT2D eigenvalue weighted by molar-refractivity contribution is 7.52. The van der Waals surface area contributed by atoms with E-state index in [1.54, 1.807) is 29.9 Å². The molecule has 0 radical (unpaired) electrons. The van der Waals surface area contributed by atoms with Crippen LogP contribution in [0.3, 0.4) is 0 Å². The number of H-pyrrole nitrogens is 3. The molecule has 0 aliphatic carbocycles. The van der Waals surface area contributed by atoms with Crippen LogP contribution in [0.4, 0.5) is 0 Å². The lowest BCUT2D eigenvalue weighted by Gasteiger charge is -2.27. The number of esters is 1. The number of aromatic amines is 3. The molecule has 4 aromatic rings. The number of nitrogens with zero attached hydrogens (tertiary/aromatic N) is 3. The van der Waals surface area contributed by atoms with Gasteiger partial charge in [-0.2, -0.15) is 5.09 Å². The standard InChI is InChI=1S/C22H30N3O10P.2C10H14N2O6/c1-13(2)33-19(28)14(3)24-36(31,35-15-8-6-5-7-9-15)32-12-16-18(27)22(4,30)20(34-16)25-11-10-17(26)23-21(25)29;2*1-10(17)7(15)5(4-13)18-8(10)12-3-2-6(14)11-9(12)16/h5-11,13-14,16,18,20,27,30H,12H2,1-4H3,(H,24,31)(H,23,26,29);2*2-3,5,7-8,13,15,17H,4H2,1H3,(H,11,14,16)/t14-,16+,18+,20+,22+,36-;2*5-,7-,8-,10-/m011/s1/i10D,11D,12D2;2D,3D,4D2;2D,3D. The molecule has 6 heterocycles. The molecule has 7 rings (SSSR count). The summed E-state index contributed by atoms with van der Waals surface area (Å²) in [5.41, 5.74) is -13.6. The maximum absolute atomic E-state index is 13.8. The molecule has 0 unspecified atom stereocenters. The second kappa shape index (κ2) is 23.0. The fourth-order valence-electron chi connectivity index (χ4n) is 6.79. The van der Waals surface area contributed by atoms with Crippen molar-refractivity contribution in [1.29, 1.82) is 0 Å². The third kappa shape index (κ3) is 12.9. The molecule has 3 aliphatic heterocycles. The van der Waals surface area contributed by atoms with Gasteiger partial charge in [-0.15, -0.1) is 0 Å². The van der Waals surface area contributed by atoms with Gasteiger partial charge in [0.25, 0.3) is 16.7 Å². The van der Waals surface area contributed by atoms with Crippen LogP contribution in [0.1, 0.15) is 73.9 Å². The van der Waals surface area contributed by atoms with Crippen molar-refractivity contribution in [2.45, 2.75) is 126 Å². The smallest absolute Gasteiger partial charge is 0.459 e. The summed E-state index contributed by atoms with van der Waals surface area (Å²) in [6, 6.07) is 3.50. The predicted molar refractivity (Wildman–Crippen MR) is 244 cm³/mol. The lowest BCUT2D eigenvalue weighted by Crippen LogP contribution is -2.47. The normalized spacial score (nSPS) is 33.5. The average molecular weight is 1050 g/mol. The molecular formula is C42H58N7O22P. The van der Waals surface area contributed by atoms with Gasteiger partial charge in [-0.05, 0) is 53.7 Å². The fraction of sp³-hybridized carbons (Fsp3) is 0.548. The minimum atomic E-state index is -4.84. The van der Waals surface area contributed by atoms with E-state index in [2.05, 4.69) is 5.09 Å². The molecule has 72 heavy (non-hydrogen) atoms. The molecule has 0 bridgehead atoms. The second-order valence-electron chi connectivity index (χ2n) is 16.7. The number of carbonyl (C=O) groups is 1.